The van der Waals surface area contributed by atoms with Crippen LogP contribution in [0, 0.1) is 0 Å². The van der Waals surface area contributed by atoms with Crippen LogP contribution in [0.4, 0.5) is 0 Å². The van der Waals surface area contributed by atoms with Crippen molar-refractivity contribution in [2.75, 3.05) is 0 Å². The number of hydrogen-bond donors (Lipinski definition) is 1. The molecule has 13 heavy (non-hydrogen) atoms. The molecule has 1 N–H and O–H groups in total. The second-order valence-electron chi connectivity index (χ2n) is 2.96. The number of aliphatic hydroxyl groups excluding tert-OH is 1. The van der Waals surface area contributed by atoms with Gasteiger partial charge in [0.2, 0.25) is 0 Å². The van der Waals surface area contributed by atoms with Crippen LogP contribution in [0.5, 0.6) is 0 Å². The van der Waals surface area contributed by atoms with Gasteiger partial charge < -0.3 is 5.11 Å². The Balaban J connectivity index is 2.49. The minimum atomic E-state index is -0.334. The number of aliphatic hydroxyl groups is 1. The zero-order chi connectivity index (χ0) is 9.26. The molecule has 0 amide bonds. The Morgan fingerprint density at radius 1 is 1.62 bits per heavy atom. The molecule has 0 saturated carbocycles. The standard InChI is InChI=1S/C10H11NOS/c1-2-8(12)10-6-7-9(13-10)4-3-5-11-7/h3-6,8,12H,2H2,1H3. The summed E-state index contributed by atoms with van der Waals surface area (Å²) >= 11 is 1.62. The lowest BCUT2D eigenvalue weighted by Gasteiger charge is -2.01. The van der Waals surface area contributed by atoms with Gasteiger partial charge in [0.1, 0.15) is 0 Å². The molecule has 0 aliphatic carbocycles. The van der Waals surface area contributed by atoms with Crippen molar-refractivity contribution in [2.45, 2.75) is 19.4 Å². The molecule has 0 fully saturated rings. The normalized spacial score (nSPS) is 13.4. The first kappa shape index (κ1) is 8.66. The van der Waals surface area contributed by atoms with Crippen molar-refractivity contribution in [3.63, 3.8) is 0 Å². The van der Waals surface area contributed by atoms with Crippen molar-refractivity contribution in [1.29, 1.82) is 0 Å². The highest BCUT2D eigenvalue weighted by Crippen LogP contribution is 2.29. The van der Waals surface area contributed by atoms with E-state index in [1.54, 1.807) is 17.5 Å². The minimum absolute atomic E-state index is 0.334. The van der Waals surface area contributed by atoms with Crippen LogP contribution in [-0.4, -0.2) is 10.1 Å². The zero-order valence-corrected chi connectivity index (χ0v) is 8.21. The maximum Gasteiger partial charge on any atom is 0.0880 e. The first-order chi connectivity index (χ1) is 6.31. The number of nitrogens with zero attached hydrogens (tertiary/aromatic N) is 1. The minimum Gasteiger partial charge on any atom is -0.388 e. The average Bonchev–Trinajstić information content (AvgIpc) is 2.59. The van der Waals surface area contributed by atoms with Gasteiger partial charge in [-0.1, -0.05) is 6.92 Å². The van der Waals surface area contributed by atoms with E-state index in [1.807, 2.05) is 25.1 Å². The second-order valence-corrected chi connectivity index (χ2v) is 4.07. The summed E-state index contributed by atoms with van der Waals surface area (Å²) in [7, 11) is 0. The van der Waals surface area contributed by atoms with E-state index in [9.17, 15) is 5.11 Å². The topological polar surface area (TPSA) is 33.1 Å². The van der Waals surface area contributed by atoms with Crippen molar-refractivity contribution in [3.8, 4) is 0 Å². The van der Waals surface area contributed by atoms with Crippen molar-refractivity contribution in [2.24, 2.45) is 0 Å². The molecule has 1 unspecified atom stereocenters. The lowest BCUT2D eigenvalue weighted by atomic mass is 10.2. The number of aromatic nitrogens is 1. The van der Waals surface area contributed by atoms with Gasteiger partial charge in [-0.05, 0) is 24.6 Å². The summed E-state index contributed by atoms with van der Waals surface area (Å²) in [5, 5.41) is 9.61. The molecule has 1 atom stereocenters. The van der Waals surface area contributed by atoms with Crippen LogP contribution < -0.4 is 0 Å². The summed E-state index contributed by atoms with van der Waals surface area (Å²) in [6, 6.07) is 5.91. The summed E-state index contributed by atoms with van der Waals surface area (Å²) in [4.78, 5) is 5.23. The van der Waals surface area contributed by atoms with Gasteiger partial charge in [-0.3, -0.25) is 4.98 Å². The highest BCUT2D eigenvalue weighted by atomic mass is 32.1. The van der Waals surface area contributed by atoms with Gasteiger partial charge in [-0.2, -0.15) is 0 Å². The summed E-state index contributed by atoms with van der Waals surface area (Å²) in [5.41, 5.74) is 0.981. The van der Waals surface area contributed by atoms with Crippen LogP contribution in [0.15, 0.2) is 24.4 Å². The van der Waals surface area contributed by atoms with Gasteiger partial charge >= 0.3 is 0 Å². The summed E-state index contributed by atoms with van der Waals surface area (Å²) in [6.45, 7) is 1.97. The van der Waals surface area contributed by atoms with Gasteiger partial charge in [0.05, 0.1) is 16.3 Å². The molecule has 0 aliphatic heterocycles. The van der Waals surface area contributed by atoms with E-state index < -0.39 is 0 Å². The fourth-order valence-corrected chi connectivity index (χ4v) is 2.34. The molecule has 0 bridgehead atoms. The summed E-state index contributed by atoms with van der Waals surface area (Å²) in [5.74, 6) is 0. The Bertz CT molecular complexity index is 377. The molecule has 0 aromatic carbocycles. The predicted molar refractivity (Wildman–Crippen MR) is 54.9 cm³/mol. The van der Waals surface area contributed by atoms with E-state index in [0.29, 0.717) is 0 Å². The quantitative estimate of drug-likeness (QED) is 0.795. The second kappa shape index (κ2) is 3.44. The van der Waals surface area contributed by atoms with Crippen LogP contribution in [-0.2, 0) is 0 Å². The van der Waals surface area contributed by atoms with E-state index in [-0.39, 0.29) is 6.10 Å². The molecule has 0 saturated heterocycles. The highest BCUT2D eigenvalue weighted by Gasteiger charge is 2.08. The van der Waals surface area contributed by atoms with Crippen molar-refractivity contribution < 1.29 is 5.11 Å². The van der Waals surface area contributed by atoms with Crippen molar-refractivity contribution in [1.82, 2.24) is 4.98 Å². The van der Waals surface area contributed by atoms with E-state index in [2.05, 4.69) is 4.98 Å². The SMILES string of the molecule is CCC(O)c1cc2ncccc2s1. The molecule has 2 nitrogen and oxygen atoms in total. The average molecular weight is 193 g/mol. The molecule has 0 radical (unpaired) electrons. The Kier molecular flexibility index (Phi) is 2.29. The third kappa shape index (κ3) is 1.57. The van der Waals surface area contributed by atoms with Crippen LogP contribution in [0.25, 0.3) is 10.2 Å². The van der Waals surface area contributed by atoms with Crippen LogP contribution in [0.3, 0.4) is 0 Å². The number of hydrogen-bond acceptors (Lipinski definition) is 3. The Morgan fingerprint density at radius 3 is 3.15 bits per heavy atom. The summed E-state index contributed by atoms with van der Waals surface area (Å²) in [6.07, 6.45) is 2.20. The lowest BCUT2D eigenvalue weighted by molar-refractivity contribution is 0.177. The molecule has 2 heterocycles. The van der Waals surface area contributed by atoms with Crippen molar-refractivity contribution in [3.05, 3.63) is 29.3 Å². The molecule has 0 aliphatic rings. The molecule has 2 rings (SSSR count). The molecule has 2 aromatic rings. The predicted octanol–water partition coefficient (Wildman–Crippen LogP) is 2.74. The van der Waals surface area contributed by atoms with E-state index in [0.717, 1.165) is 21.5 Å². The van der Waals surface area contributed by atoms with Gasteiger partial charge in [-0.15, -0.1) is 11.3 Å². The largest absolute Gasteiger partial charge is 0.388 e. The van der Waals surface area contributed by atoms with E-state index in [1.165, 1.54) is 0 Å². The molecular weight excluding hydrogens is 182 g/mol. The molecule has 3 heteroatoms. The monoisotopic (exact) mass is 193 g/mol. The molecule has 2 aromatic heterocycles. The number of pyridine rings is 1. The molecule has 0 spiro atoms. The fraction of sp³-hybridized carbons (Fsp3) is 0.300. The zero-order valence-electron chi connectivity index (χ0n) is 7.40. The smallest absolute Gasteiger partial charge is 0.0880 e. The van der Waals surface area contributed by atoms with Crippen LogP contribution in [0.2, 0.25) is 0 Å². The van der Waals surface area contributed by atoms with Gasteiger partial charge in [0.15, 0.2) is 0 Å². The van der Waals surface area contributed by atoms with Crippen LogP contribution >= 0.6 is 11.3 Å². The Hall–Kier alpha value is -0.930. The Morgan fingerprint density at radius 2 is 2.46 bits per heavy atom. The maximum absolute atomic E-state index is 9.61. The third-order valence-electron chi connectivity index (χ3n) is 2.02. The molecular formula is C10H11NOS. The first-order valence-electron chi connectivity index (χ1n) is 4.33. The molecule has 68 valence electrons. The van der Waals surface area contributed by atoms with Gasteiger partial charge in [0.25, 0.3) is 0 Å². The van der Waals surface area contributed by atoms with Gasteiger partial charge in [-0.25, -0.2) is 0 Å². The number of thiophene rings is 1. The number of fused-ring (bicyclic) bond motifs is 1. The van der Waals surface area contributed by atoms with E-state index in [4.69, 9.17) is 0 Å². The number of rotatable bonds is 2. The van der Waals surface area contributed by atoms with Crippen LogP contribution in [0.1, 0.15) is 24.3 Å². The Labute approximate surface area is 80.9 Å². The summed E-state index contributed by atoms with van der Waals surface area (Å²) < 4.78 is 1.14. The van der Waals surface area contributed by atoms with E-state index >= 15 is 0 Å². The lowest BCUT2D eigenvalue weighted by Crippen LogP contribution is -1.89. The highest BCUT2D eigenvalue weighted by molar-refractivity contribution is 7.19. The fourth-order valence-electron chi connectivity index (χ4n) is 1.25. The van der Waals surface area contributed by atoms with Gasteiger partial charge in [0, 0.05) is 11.1 Å². The maximum atomic E-state index is 9.61. The van der Waals surface area contributed by atoms with Crippen molar-refractivity contribution >= 4 is 21.6 Å². The third-order valence-corrected chi connectivity index (χ3v) is 3.21. The first-order valence-corrected chi connectivity index (χ1v) is 5.15.